The quantitative estimate of drug-likeness (QED) is 0.0243. The van der Waals surface area contributed by atoms with Gasteiger partial charge in [-0.1, -0.05) is 85.0 Å². The van der Waals surface area contributed by atoms with Crippen molar-refractivity contribution in [1.82, 2.24) is 0 Å². The van der Waals surface area contributed by atoms with E-state index < -0.39 is 35.6 Å². The van der Waals surface area contributed by atoms with Crippen LogP contribution in [0.3, 0.4) is 0 Å². The van der Waals surface area contributed by atoms with Crippen molar-refractivity contribution < 1.29 is 76.5 Å². The third-order valence-electron chi connectivity index (χ3n) is 14.9. The van der Waals surface area contributed by atoms with Crippen molar-refractivity contribution >= 4 is 68.9 Å². The monoisotopic (exact) mass is 1170 g/mol. The second-order valence-electron chi connectivity index (χ2n) is 20.0. The van der Waals surface area contributed by atoms with Crippen molar-refractivity contribution in [3.8, 4) is 33.8 Å². The number of hydrogen-bond donors (Lipinski definition) is 1. The van der Waals surface area contributed by atoms with E-state index in [0.29, 0.717) is 105 Å². The Balaban J connectivity index is 1.02. The molecule has 86 heavy (non-hydrogen) atoms. The molecule has 1 N–H and O–H groups in total. The number of amides is 4. The molecule has 0 bridgehead atoms. The lowest BCUT2D eigenvalue weighted by atomic mass is 9.86. The summed E-state index contributed by atoms with van der Waals surface area (Å²) in [5.74, 6) is -4.49. The summed E-state index contributed by atoms with van der Waals surface area (Å²) in [5.41, 5.74) is 4.24. The number of hydrogen-bond acceptors (Lipinski definition) is 15. The molecular weight excluding hydrogens is 1100 g/mol. The Morgan fingerprint density at radius 3 is 1.24 bits per heavy atom. The number of carbonyl (C=O) groups excluding carboxylic acids is 5. The van der Waals surface area contributed by atoms with E-state index in [1.165, 1.54) is 18.2 Å². The molecule has 0 fully saturated rings. The van der Waals surface area contributed by atoms with Crippen LogP contribution < -0.4 is 19.3 Å². The maximum atomic E-state index is 15.4. The first-order valence-corrected chi connectivity index (χ1v) is 28.8. The normalized spacial score (nSPS) is 14.2. The van der Waals surface area contributed by atoms with Crippen molar-refractivity contribution in [2.24, 2.45) is 0 Å². The number of esters is 1. The van der Waals surface area contributed by atoms with Crippen LogP contribution in [0.1, 0.15) is 107 Å². The zero-order valence-corrected chi connectivity index (χ0v) is 48.2. The van der Waals surface area contributed by atoms with E-state index in [0.717, 1.165) is 32.1 Å². The van der Waals surface area contributed by atoms with Crippen LogP contribution in [0.15, 0.2) is 134 Å². The lowest BCUT2D eigenvalue weighted by Gasteiger charge is -2.19. The van der Waals surface area contributed by atoms with Crippen LogP contribution in [0, 0.1) is 0 Å². The number of carboxylic acid groups (broad SMARTS) is 1. The standard InChI is InChI=1S/C68H66N2O16/c1-4-78-29-32-81-35-38-84-57-41-45(19-21-47(57)43-13-7-8-14-43)69-63(71)59-53(25-27-55(67(75)76)61(59)65(69)73)51-23-24-52(50-18-12-11-17-49(50)51)54-26-28-56(68(77)86-40-37-83-34-31-80-6-3)62-60(54)64(72)70(66(62)74)46-20-22-48(44-15-9-10-16-44)58(42-46)85-39-36-82-33-30-79-5-2/h7-13,15,17-28,41-42H,4-6,14,16,29-40H2,1-3H3,(H,75,76). The van der Waals surface area contributed by atoms with Gasteiger partial charge in [0, 0.05) is 43.1 Å². The fourth-order valence-electron chi connectivity index (χ4n) is 10.9. The number of allylic oxidation sites excluding steroid dienone is 8. The van der Waals surface area contributed by atoms with Gasteiger partial charge in [0.2, 0.25) is 0 Å². The molecule has 0 atom stereocenters. The minimum absolute atomic E-state index is 0.0562. The fraction of sp³-hybridized carbons (Fsp3) is 0.294. The van der Waals surface area contributed by atoms with E-state index in [2.05, 4.69) is 0 Å². The lowest BCUT2D eigenvalue weighted by molar-refractivity contribution is 0.0163. The van der Waals surface area contributed by atoms with Gasteiger partial charge in [-0.2, -0.15) is 0 Å². The summed E-state index contributed by atoms with van der Waals surface area (Å²) < 4.78 is 51.4. The first-order chi connectivity index (χ1) is 42.1. The van der Waals surface area contributed by atoms with E-state index >= 15 is 14.4 Å². The lowest BCUT2D eigenvalue weighted by Crippen LogP contribution is -2.30. The SMILES string of the molecule is CCOCCOCCOC(=O)c1ccc(-c2ccc(-c3ccc(C(=O)O)c4c3C(=O)N(c3ccc(C5=CC=CC5)c(OCCOCCOCC)c3)C4=O)c3ccccc23)c2c1C(=O)N(c1ccc(C3=CC=CC3)c(OCCOCCOCC)c1)C2=O. The van der Waals surface area contributed by atoms with Crippen LogP contribution in [-0.2, 0) is 33.2 Å². The van der Waals surface area contributed by atoms with Crippen molar-refractivity contribution in [3.63, 3.8) is 0 Å². The van der Waals surface area contributed by atoms with E-state index in [4.69, 9.17) is 42.6 Å². The zero-order chi connectivity index (χ0) is 60.1. The van der Waals surface area contributed by atoms with Crippen molar-refractivity contribution in [2.75, 3.05) is 109 Å². The highest BCUT2D eigenvalue weighted by Gasteiger charge is 2.45. The molecule has 0 aromatic heterocycles. The first kappa shape index (κ1) is 60.2. The third-order valence-corrected chi connectivity index (χ3v) is 14.9. The molecule has 0 spiro atoms. The summed E-state index contributed by atoms with van der Waals surface area (Å²) in [6, 6.07) is 26.7. The number of carboxylic acids is 1. The van der Waals surface area contributed by atoms with Crippen LogP contribution in [0.25, 0.3) is 44.2 Å². The number of benzene rings is 6. The van der Waals surface area contributed by atoms with Gasteiger partial charge in [0.1, 0.15) is 31.3 Å². The molecule has 4 amide bonds. The molecule has 18 nitrogen and oxygen atoms in total. The van der Waals surface area contributed by atoms with E-state index in [9.17, 15) is 19.5 Å². The molecule has 18 heteroatoms. The Labute approximate surface area is 497 Å². The number of ether oxygens (including phenoxy) is 9. The molecule has 4 aliphatic rings. The Hall–Kier alpha value is -8.88. The third kappa shape index (κ3) is 12.7. The highest BCUT2D eigenvalue weighted by molar-refractivity contribution is 6.39. The maximum absolute atomic E-state index is 15.4. The minimum Gasteiger partial charge on any atom is -0.490 e. The van der Waals surface area contributed by atoms with Crippen LogP contribution >= 0.6 is 0 Å². The predicted molar refractivity (Wildman–Crippen MR) is 324 cm³/mol. The number of imide groups is 2. The van der Waals surface area contributed by atoms with Crippen LogP contribution in [0.4, 0.5) is 11.4 Å². The number of rotatable bonds is 31. The Morgan fingerprint density at radius 2 is 0.814 bits per heavy atom. The highest BCUT2D eigenvalue weighted by Crippen LogP contribution is 2.46. The predicted octanol–water partition coefficient (Wildman–Crippen LogP) is 11.2. The minimum atomic E-state index is -1.40. The zero-order valence-electron chi connectivity index (χ0n) is 48.2. The summed E-state index contributed by atoms with van der Waals surface area (Å²) in [6.07, 6.45) is 13.1. The fourth-order valence-corrected chi connectivity index (χ4v) is 10.9. The highest BCUT2D eigenvalue weighted by atomic mass is 16.6. The maximum Gasteiger partial charge on any atom is 0.339 e. The molecule has 2 aliphatic carbocycles. The van der Waals surface area contributed by atoms with Gasteiger partial charge in [0.15, 0.2) is 0 Å². The van der Waals surface area contributed by atoms with Gasteiger partial charge < -0.3 is 47.7 Å². The second kappa shape index (κ2) is 28.3. The Morgan fingerprint density at radius 1 is 0.430 bits per heavy atom. The molecular formula is C68H66N2O16. The van der Waals surface area contributed by atoms with Crippen LogP contribution in [-0.4, -0.2) is 140 Å². The molecule has 2 heterocycles. The first-order valence-electron chi connectivity index (χ1n) is 28.8. The summed E-state index contributed by atoms with van der Waals surface area (Å²) in [7, 11) is 0. The van der Waals surface area contributed by atoms with Crippen LogP contribution in [0.2, 0.25) is 0 Å². The van der Waals surface area contributed by atoms with Gasteiger partial charge in [-0.15, -0.1) is 0 Å². The van der Waals surface area contributed by atoms with Gasteiger partial charge in [-0.3, -0.25) is 19.2 Å². The van der Waals surface area contributed by atoms with E-state index in [-0.39, 0.29) is 96.6 Å². The van der Waals surface area contributed by atoms with Crippen molar-refractivity contribution in [2.45, 2.75) is 33.6 Å². The number of aromatic carboxylic acids is 1. The largest absolute Gasteiger partial charge is 0.490 e. The molecule has 0 unspecified atom stereocenters. The van der Waals surface area contributed by atoms with Crippen molar-refractivity contribution in [1.29, 1.82) is 0 Å². The molecule has 0 saturated heterocycles. The number of nitrogens with zero attached hydrogens (tertiary/aromatic N) is 2. The average Bonchev–Trinajstić information content (AvgIpc) is 1.59. The molecule has 0 radical (unpaired) electrons. The van der Waals surface area contributed by atoms with Gasteiger partial charge in [0.25, 0.3) is 23.6 Å². The summed E-state index contributed by atoms with van der Waals surface area (Å²) in [4.78, 5) is 89.4. The number of anilines is 2. The van der Waals surface area contributed by atoms with E-state index in [1.807, 2.05) is 69.4 Å². The molecule has 2 aliphatic heterocycles. The number of carbonyl (C=O) groups is 6. The molecule has 6 aromatic carbocycles. The smallest absolute Gasteiger partial charge is 0.339 e. The van der Waals surface area contributed by atoms with Crippen LogP contribution in [0.5, 0.6) is 11.5 Å². The second-order valence-corrected chi connectivity index (χ2v) is 20.0. The topological polar surface area (TPSA) is 212 Å². The molecule has 0 saturated carbocycles. The van der Waals surface area contributed by atoms with Gasteiger partial charge >= 0.3 is 11.9 Å². The molecule has 10 rings (SSSR count). The molecule has 6 aromatic rings. The summed E-state index contributed by atoms with van der Waals surface area (Å²) in [5, 5.41) is 11.7. The molecule has 444 valence electrons. The van der Waals surface area contributed by atoms with Gasteiger partial charge in [-0.25, -0.2) is 19.4 Å². The number of fused-ring (bicyclic) bond motifs is 3. The van der Waals surface area contributed by atoms with E-state index in [1.54, 1.807) is 66.7 Å². The Kier molecular flexibility index (Phi) is 19.9. The van der Waals surface area contributed by atoms with Crippen molar-refractivity contribution in [3.05, 3.63) is 178 Å². The Bertz CT molecular complexity index is 3730. The van der Waals surface area contributed by atoms with Gasteiger partial charge in [-0.05, 0) is 114 Å². The average molecular weight is 1170 g/mol. The van der Waals surface area contributed by atoms with Gasteiger partial charge in [0.05, 0.1) is 104 Å². The summed E-state index contributed by atoms with van der Waals surface area (Å²) >= 11 is 0. The summed E-state index contributed by atoms with van der Waals surface area (Å²) in [6.45, 7) is 10.3.